The summed E-state index contributed by atoms with van der Waals surface area (Å²) in [6, 6.07) is 14.5. The van der Waals surface area contributed by atoms with Gasteiger partial charge in [0, 0.05) is 75.5 Å². The molecule has 190 valence electrons. The summed E-state index contributed by atoms with van der Waals surface area (Å²) in [6.45, 7) is 4.73. The lowest BCUT2D eigenvalue weighted by Gasteiger charge is -2.35. The van der Waals surface area contributed by atoms with Gasteiger partial charge in [-0.3, -0.25) is 14.3 Å². The van der Waals surface area contributed by atoms with E-state index in [1.54, 1.807) is 30.1 Å². The molecule has 1 atom stereocenters. The molecular weight excluding hydrogens is 507 g/mol. The summed E-state index contributed by atoms with van der Waals surface area (Å²) in [4.78, 5) is 26.3. The first-order valence-corrected chi connectivity index (χ1v) is 11.5. The average molecular weight is 540 g/mol. The highest BCUT2D eigenvalue weighted by Gasteiger charge is 2.24. The zero-order chi connectivity index (χ0) is 21.9. The SMILES string of the molecule is Cl.Cl.Cl.Cn1c(N2CCN[C@@H](c3ccc(N4CCCCC4)cc3)C2)nc(-c2ccncc2)cc1=O. The Morgan fingerprint density at radius 1 is 0.886 bits per heavy atom. The molecule has 1 aromatic carbocycles. The molecule has 0 radical (unpaired) electrons. The van der Waals surface area contributed by atoms with Gasteiger partial charge >= 0.3 is 0 Å². The van der Waals surface area contributed by atoms with Crippen molar-refractivity contribution >= 4 is 48.9 Å². The first kappa shape index (κ1) is 28.9. The topological polar surface area (TPSA) is 66.3 Å². The Balaban J connectivity index is 0.00000144. The van der Waals surface area contributed by atoms with Crippen molar-refractivity contribution < 1.29 is 0 Å². The number of hydrogen-bond donors (Lipinski definition) is 1. The molecule has 0 bridgehead atoms. The van der Waals surface area contributed by atoms with Gasteiger partial charge in [0.2, 0.25) is 5.95 Å². The van der Waals surface area contributed by atoms with Gasteiger partial charge in [0.1, 0.15) is 0 Å². The summed E-state index contributed by atoms with van der Waals surface area (Å²) >= 11 is 0. The molecule has 10 heteroatoms. The van der Waals surface area contributed by atoms with E-state index in [0.29, 0.717) is 11.6 Å². The molecule has 1 N–H and O–H groups in total. The Kier molecular flexibility index (Phi) is 10.8. The van der Waals surface area contributed by atoms with Crippen molar-refractivity contribution in [2.75, 3.05) is 42.5 Å². The van der Waals surface area contributed by atoms with Crippen LogP contribution < -0.4 is 20.7 Å². The van der Waals surface area contributed by atoms with E-state index in [1.807, 2.05) is 12.1 Å². The van der Waals surface area contributed by atoms with Crippen molar-refractivity contribution in [2.45, 2.75) is 25.3 Å². The maximum absolute atomic E-state index is 12.7. The summed E-state index contributed by atoms with van der Waals surface area (Å²) < 4.78 is 1.65. The molecular formula is C25H33Cl3N6O. The Morgan fingerprint density at radius 3 is 2.26 bits per heavy atom. The zero-order valence-corrected chi connectivity index (χ0v) is 22.2. The number of halogens is 3. The highest BCUT2D eigenvalue weighted by molar-refractivity contribution is 5.86. The number of anilines is 2. The van der Waals surface area contributed by atoms with Crippen LogP contribution in [0, 0.1) is 0 Å². The summed E-state index contributed by atoms with van der Waals surface area (Å²) in [5.41, 5.74) is 4.12. The molecule has 2 fully saturated rings. The van der Waals surface area contributed by atoms with Gasteiger partial charge in [-0.15, -0.1) is 37.2 Å². The van der Waals surface area contributed by atoms with Gasteiger partial charge in [0.05, 0.1) is 5.69 Å². The summed E-state index contributed by atoms with van der Waals surface area (Å²) in [6.07, 6.45) is 7.36. The predicted molar refractivity (Wildman–Crippen MR) is 150 cm³/mol. The van der Waals surface area contributed by atoms with Crippen LogP contribution in [0.2, 0.25) is 0 Å². The van der Waals surface area contributed by atoms with E-state index < -0.39 is 0 Å². The van der Waals surface area contributed by atoms with Gasteiger partial charge in [0.15, 0.2) is 0 Å². The molecule has 3 aromatic rings. The van der Waals surface area contributed by atoms with Gasteiger partial charge in [-0.05, 0) is 49.1 Å². The molecule has 0 unspecified atom stereocenters. The van der Waals surface area contributed by atoms with Crippen LogP contribution >= 0.6 is 37.2 Å². The van der Waals surface area contributed by atoms with Crippen molar-refractivity contribution in [1.29, 1.82) is 0 Å². The summed E-state index contributed by atoms with van der Waals surface area (Å²) in [5.74, 6) is 0.709. The number of hydrogen-bond acceptors (Lipinski definition) is 6. The summed E-state index contributed by atoms with van der Waals surface area (Å²) in [5, 5.41) is 3.64. The smallest absolute Gasteiger partial charge is 0.255 e. The third-order valence-corrected chi connectivity index (χ3v) is 6.56. The highest BCUT2D eigenvalue weighted by Crippen LogP contribution is 2.26. The van der Waals surface area contributed by atoms with Crippen LogP contribution in [0.3, 0.4) is 0 Å². The minimum Gasteiger partial charge on any atom is -0.372 e. The van der Waals surface area contributed by atoms with Gasteiger partial charge in [0.25, 0.3) is 5.56 Å². The van der Waals surface area contributed by atoms with Crippen LogP contribution in [0.4, 0.5) is 11.6 Å². The Morgan fingerprint density at radius 2 is 1.57 bits per heavy atom. The van der Waals surface area contributed by atoms with Crippen LogP contribution in [0.5, 0.6) is 0 Å². The van der Waals surface area contributed by atoms with Gasteiger partial charge < -0.3 is 15.1 Å². The largest absolute Gasteiger partial charge is 0.372 e. The van der Waals surface area contributed by atoms with Crippen molar-refractivity contribution in [2.24, 2.45) is 7.05 Å². The monoisotopic (exact) mass is 538 g/mol. The fourth-order valence-electron chi connectivity index (χ4n) is 4.71. The number of nitrogens with one attached hydrogen (secondary N) is 1. The van der Waals surface area contributed by atoms with Gasteiger partial charge in [-0.1, -0.05) is 12.1 Å². The van der Waals surface area contributed by atoms with Crippen molar-refractivity contribution in [3.63, 3.8) is 0 Å². The Labute approximate surface area is 225 Å². The molecule has 0 saturated carbocycles. The fraction of sp³-hybridized carbons (Fsp3) is 0.400. The van der Waals surface area contributed by atoms with Crippen LogP contribution in [0.25, 0.3) is 11.3 Å². The Hall–Kier alpha value is -2.32. The average Bonchev–Trinajstić information content (AvgIpc) is 2.87. The lowest BCUT2D eigenvalue weighted by atomic mass is 10.0. The number of pyridine rings is 1. The number of rotatable bonds is 4. The summed E-state index contributed by atoms with van der Waals surface area (Å²) in [7, 11) is 1.80. The number of piperidine rings is 1. The fourth-order valence-corrected chi connectivity index (χ4v) is 4.71. The van der Waals surface area contributed by atoms with E-state index >= 15 is 0 Å². The van der Waals surface area contributed by atoms with E-state index in [9.17, 15) is 4.79 Å². The van der Waals surface area contributed by atoms with Crippen molar-refractivity contribution in [1.82, 2.24) is 19.9 Å². The minimum absolute atomic E-state index is 0. The van der Waals surface area contributed by atoms with Crippen LogP contribution in [-0.4, -0.2) is 47.3 Å². The third-order valence-electron chi connectivity index (χ3n) is 6.56. The van der Waals surface area contributed by atoms with E-state index in [1.165, 1.54) is 30.5 Å². The van der Waals surface area contributed by atoms with E-state index in [2.05, 4.69) is 44.4 Å². The maximum atomic E-state index is 12.7. The molecule has 2 aliphatic rings. The van der Waals surface area contributed by atoms with Crippen LogP contribution in [0.1, 0.15) is 30.9 Å². The maximum Gasteiger partial charge on any atom is 0.255 e. The standard InChI is InChI=1S/C25H30N6O.3ClH/c1-29-24(32)17-22(20-9-11-26-12-10-20)28-25(29)31-16-13-27-23(18-31)19-5-7-21(8-6-19)30-14-3-2-4-15-30;;;/h5-12,17,23,27H,2-4,13-16,18H2,1H3;3*1H/t23-;;;/m1.../s1. The minimum atomic E-state index is -0.0530. The third kappa shape index (κ3) is 6.47. The molecule has 0 spiro atoms. The van der Waals surface area contributed by atoms with E-state index in [0.717, 1.165) is 38.3 Å². The Bertz CT molecular complexity index is 1120. The highest BCUT2D eigenvalue weighted by atomic mass is 35.5. The van der Waals surface area contributed by atoms with Crippen molar-refractivity contribution in [3.05, 3.63) is 70.8 Å². The quantitative estimate of drug-likeness (QED) is 0.535. The lowest BCUT2D eigenvalue weighted by molar-refractivity contribution is 0.462. The van der Waals surface area contributed by atoms with E-state index in [4.69, 9.17) is 4.98 Å². The first-order chi connectivity index (χ1) is 15.7. The molecule has 5 rings (SSSR count). The molecule has 2 aliphatic heterocycles. The molecule has 2 saturated heterocycles. The van der Waals surface area contributed by atoms with Crippen LogP contribution in [0.15, 0.2) is 59.7 Å². The molecule has 4 heterocycles. The lowest BCUT2D eigenvalue weighted by Crippen LogP contribution is -2.47. The number of benzene rings is 1. The van der Waals surface area contributed by atoms with Crippen LogP contribution in [-0.2, 0) is 7.05 Å². The van der Waals surface area contributed by atoms with Crippen molar-refractivity contribution in [3.8, 4) is 11.3 Å². The zero-order valence-electron chi connectivity index (χ0n) is 19.8. The number of nitrogens with zero attached hydrogens (tertiary/aromatic N) is 5. The first-order valence-electron chi connectivity index (χ1n) is 11.5. The number of aromatic nitrogens is 3. The second kappa shape index (κ2) is 13.1. The molecule has 2 aromatic heterocycles. The van der Waals surface area contributed by atoms with E-state index in [-0.39, 0.29) is 48.8 Å². The predicted octanol–water partition coefficient (Wildman–Crippen LogP) is 4.25. The molecule has 35 heavy (non-hydrogen) atoms. The normalized spacial score (nSPS) is 17.6. The molecule has 0 amide bonds. The second-order valence-electron chi connectivity index (χ2n) is 8.67. The second-order valence-corrected chi connectivity index (χ2v) is 8.67. The van der Waals surface area contributed by atoms with Gasteiger partial charge in [-0.2, -0.15) is 0 Å². The molecule has 7 nitrogen and oxygen atoms in total. The molecule has 0 aliphatic carbocycles. The number of piperazine rings is 1. The van der Waals surface area contributed by atoms with Gasteiger partial charge in [-0.25, -0.2) is 4.98 Å².